The SMILES string of the molecule is Cc1cc(/C=C(\C#N)C(=O)NCc2cccs2)c(C)n1-c1ccccc1. The van der Waals surface area contributed by atoms with E-state index in [1.165, 1.54) is 0 Å². The van der Waals surface area contributed by atoms with Crippen LogP contribution in [0.15, 0.2) is 59.5 Å². The zero-order valence-electron chi connectivity index (χ0n) is 14.7. The average molecular weight is 361 g/mol. The molecule has 0 radical (unpaired) electrons. The molecule has 4 nitrogen and oxygen atoms in total. The average Bonchev–Trinajstić information content (AvgIpc) is 3.26. The highest BCUT2D eigenvalue weighted by molar-refractivity contribution is 7.09. The van der Waals surface area contributed by atoms with Crippen molar-refractivity contribution in [1.29, 1.82) is 5.26 Å². The van der Waals surface area contributed by atoms with Crippen LogP contribution in [0.25, 0.3) is 11.8 Å². The first-order chi connectivity index (χ1) is 12.6. The van der Waals surface area contributed by atoms with Crippen molar-refractivity contribution in [2.75, 3.05) is 0 Å². The predicted molar refractivity (Wildman–Crippen MR) is 105 cm³/mol. The molecule has 3 rings (SSSR count). The van der Waals surface area contributed by atoms with Crippen LogP contribution < -0.4 is 5.32 Å². The third-order valence-electron chi connectivity index (χ3n) is 4.15. The van der Waals surface area contributed by atoms with Crippen LogP contribution in [-0.2, 0) is 11.3 Å². The first-order valence-electron chi connectivity index (χ1n) is 8.27. The number of para-hydroxylation sites is 1. The lowest BCUT2D eigenvalue weighted by molar-refractivity contribution is -0.117. The summed E-state index contributed by atoms with van der Waals surface area (Å²) < 4.78 is 2.12. The molecule has 0 aliphatic carbocycles. The number of aryl methyl sites for hydroxylation is 1. The van der Waals surface area contributed by atoms with Gasteiger partial charge >= 0.3 is 0 Å². The third-order valence-corrected chi connectivity index (χ3v) is 5.03. The summed E-state index contributed by atoms with van der Waals surface area (Å²) in [6, 6.07) is 17.9. The normalized spacial score (nSPS) is 11.2. The Bertz CT molecular complexity index is 976. The summed E-state index contributed by atoms with van der Waals surface area (Å²) in [4.78, 5) is 13.4. The molecular weight excluding hydrogens is 342 g/mol. The second kappa shape index (κ2) is 7.85. The summed E-state index contributed by atoms with van der Waals surface area (Å²) in [6.45, 7) is 4.43. The van der Waals surface area contributed by atoms with E-state index >= 15 is 0 Å². The van der Waals surface area contributed by atoms with Crippen LogP contribution in [0.1, 0.15) is 21.8 Å². The number of nitrogens with one attached hydrogen (secondary N) is 1. The Balaban J connectivity index is 1.85. The molecule has 0 saturated heterocycles. The number of carbonyl (C=O) groups excluding carboxylic acids is 1. The fourth-order valence-corrected chi connectivity index (χ4v) is 3.53. The Hall–Kier alpha value is -3.10. The van der Waals surface area contributed by atoms with Crippen molar-refractivity contribution in [3.63, 3.8) is 0 Å². The number of thiophene rings is 1. The molecule has 0 fully saturated rings. The summed E-state index contributed by atoms with van der Waals surface area (Å²) in [6.07, 6.45) is 1.66. The quantitative estimate of drug-likeness (QED) is 0.541. The van der Waals surface area contributed by atoms with Crippen LogP contribution in [0.3, 0.4) is 0 Å². The van der Waals surface area contributed by atoms with Crippen LogP contribution in [0, 0.1) is 25.2 Å². The second-order valence-electron chi connectivity index (χ2n) is 5.93. The molecule has 0 unspecified atom stereocenters. The Morgan fingerprint density at radius 3 is 2.65 bits per heavy atom. The summed E-state index contributed by atoms with van der Waals surface area (Å²) in [5.74, 6) is -0.356. The number of amides is 1. The Kier molecular flexibility index (Phi) is 5.35. The van der Waals surface area contributed by atoms with Crippen LogP contribution in [0.5, 0.6) is 0 Å². The van der Waals surface area contributed by atoms with Crippen molar-refractivity contribution >= 4 is 23.3 Å². The van der Waals surface area contributed by atoms with Gasteiger partial charge in [-0.15, -0.1) is 11.3 Å². The molecular formula is C21H19N3OS. The smallest absolute Gasteiger partial charge is 0.262 e. The minimum absolute atomic E-state index is 0.106. The molecule has 1 amide bonds. The molecule has 2 heterocycles. The van der Waals surface area contributed by atoms with Gasteiger partial charge in [0.15, 0.2) is 0 Å². The van der Waals surface area contributed by atoms with Crippen LogP contribution in [-0.4, -0.2) is 10.5 Å². The monoisotopic (exact) mass is 361 g/mol. The summed E-state index contributed by atoms with van der Waals surface area (Å²) >= 11 is 1.57. The van der Waals surface area contributed by atoms with Gasteiger partial charge in [-0.05, 0) is 55.1 Å². The largest absolute Gasteiger partial charge is 0.347 e. The number of carbonyl (C=O) groups is 1. The fraction of sp³-hybridized carbons (Fsp3) is 0.143. The minimum atomic E-state index is -0.356. The zero-order chi connectivity index (χ0) is 18.5. The van der Waals surface area contributed by atoms with E-state index in [0.717, 1.165) is 27.5 Å². The minimum Gasteiger partial charge on any atom is -0.347 e. The standard InChI is InChI=1S/C21H19N3OS/c1-15-11-17(16(2)24(15)19-7-4-3-5-8-19)12-18(13-22)21(25)23-14-20-9-6-10-26-20/h3-12H,14H2,1-2H3,(H,23,25)/b18-12+. The molecule has 0 aliphatic rings. The maximum atomic E-state index is 12.3. The number of benzene rings is 1. The van der Waals surface area contributed by atoms with Gasteiger partial charge in [0.25, 0.3) is 5.91 Å². The number of hydrogen-bond acceptors (Lipinski definition) is 3. The maximum absolute atomic E-state index is 12.3. The van der Waals surface area contributed by atoms with Crippen molar-refractivity contribution < 1.29 is 4.79 Å². The van der Waals surface area contributed by atoms with Gasteiger partial charge in [-0.2, -0.15) is 5.26 Å². The summed E-state index contributed by atoms with van der Waals surface area (Å²) in [5, 5.41) is 14.2. The molecule has 26 heavy (non-hydrogen) atoms. The number of nitrogens with zero attached hydrogens (tertiary/aromatic N) is 2. The molecule has 0 bridgehead atoms. The highest BCUT2D eigenvalue weighted by Gasteiger charge is 2.13. The van der Waals surface area contributed by atoms with E-state index in [4.69, 9.17) is 0 Å². The van der Waals surface area contributed by atoms with Gasteiger partial charge in [0.2, 0.25) is 0 Å². The second-order valence-corrected chi connectivity index (χ2v) is 6.96. The van der Waals surface area contributed by atoms with Crippen LogP contribution in [0.4, 0.5) is 0 Å². The number of hydrogen-bond donors (Lipinski definition) is 1. The maximum Gasteiger partial charge on any atom is 0.262 e. The molecule has 3 aromatic rings. The zero-order valence-corrected chi connectivity index (χ0v) is 15.5. The topological polar surface area (TPSA) is 57.8 Å². The van der Waals surface area contributed by atoms with E-state index < -0.39 is 0 Å². The number of aromatic nitrogens is 1. The van der Waals surface area contributed by atoms with Gasteiger partial charge in [0, 0.05) is 22.0 Å². The predicted octanol–water partition coefficient (Wildman–Crippen LogP) is 4.38. The lowest BCUT2D eigenvalue weighted by Crippen LogP contribution is -2.23. The first kappa shape index (κ1) is 17.7. The number of nitriles is 1. The fourth-order valence-electron chi connectivity index (χ4n) is 2.89. The Morgan fingerprint density at radius 2 is 2.00 bits per heavy atom. The molecule has 0 saturated carbocycles. The van der Waals surface area contributed by atoms with Gasteiger partial charge in [-0.1, -0.05) is 24.3 Å². The van der Waals surface area contributed by atoms with Crippen LogP contribution in [0.2, 0.25) is 0 Å². The van der Waals surface area contributed by atoms with E-state index in [2.05, 4.69) is 9.88 Å². The van der Waals surface area contributed by atoms with Gasteiger partial charge in [-0.25, -0.2) is 0 Å². The van der Waals surface area contributed by atoms with Gasteiger partial charge < -0.3 is 9.88 Å². The summed E-state index contributed by atoms with van der Waals surface area (Å²) in [7, 11) is 0. The van der Waals surface area contributed by atoms with Gasteiger partial charge in [0.1, 0.15) is 11.6 Å². The van der Waals surface area contributed by atoms with Gasteiger partial charge in [-0.3, -0.25) is 4.79 Å². The van der Waals surface area contributed by atoms with E-state index in [1.807, 2.05) is 73.8 Å². The molecule has 0 aliphatic heterocycles. The lowest BCUT2D eigenvalue weighted by Gasteiger charge is -2.09. The highest BCUT2D eigenvalue weighted by Crippen LogP contribution is 2.22. The summed E-state index contributed by atoms with van der Waals surface area (Å²) in [5.41, 5.74) is 4.08. The molecule has 0 atom stereocenters. The van der Waals surface area contributed by atoms with E-state index in [1.54, 1.807) is 17.4 Å². The molecule has 2 aromatic heterocycles. The molecule has 5 heteroatoms. The third kappa shape index (κ3) is 3.76. The molecule has 1 aromatic carbocycles. The van der Waals surface area contributed by atoms with E-state index in [9.17, 15) is 10.1 Å². The van der Waals surface area contributed by atoms with Crippen molar-refractivity contribution in [2.45, 2.75) is 20.4 Å². The van der Waals surface area contributed by atoms with Gasteiger partial charge in [0.05, 0.1) is 6.54 Å². The molecule has 0 spiro atoms. The van der Waals surface area contributed by atoms with Crippen molar-refractivity contribution in [3.8, 4) is 11.8 Å². The Labute approximate surface area is 157 Å². The van der Waals surface area contributed by atoms with Crippen LogP contribution >= 0.6 is 11.3 Å². The van der Waals surface area contributed by atoms with Crippen molar-refractivity contribution in [2.24, 2.45) is 0 Å². The van der Waals surface area contributed by atoms with E-state index in [0.29, 0.717) is 6.54 Å². The lowest BCUT2D eigenvalue weighted by atomic mass is 10.1. The highest BCUT2D eigenvalue weighted by atomic mass is 32.1. The van der Waals surface area contributed by atoms with E-state index in [-0.39, 0.29) is 11.5 Å². The van der Waals surface area contributed by atoms with Crippen molar-refractivity contribution in [1.82, 2.24) is 9.88 Å². The Morgan fingerprint density at radius 1 is 1.23 bits per heavy atom. The van der Waals surface area contributed by atoms with Crippen molar-refractivity contribution in [3.05, 3.63) is 81.3 Å². The molecule has 130 valence electrons. The first-order valence-corrected chi connectivity index (χ1v) is 9.15. The number of rotatable bonds is 5. The molecule has 1 N–H and O–H groups in total.